The highest BCUT2D eigenvalue weighted by atomic mass is 16.5. The van der Waals surface area contributed by atoms with Gasteiger partial charge >= 0.3 is 5.97 Å². The molecule has 1 aliphatic rings. The first-order valence-electron chi connectivity index (χ1n) is 6.31. The fourth-order valence-corrected chi connectivity index (χ4v) is 2.14. The minimum Gasteiger partial charge on any atom is -0.479 e. The number of hydrogen-bond donors (Lipinski definition) is 2. The van der Waals surface area contributed by atoms with Crippen LogP contribution in [0, 0.1) is 0 Å². The van der Waals surface area contributed by atoms with E-state index in [0.717, 1.165) is 5.56 Å². The molecule has 1 aromatic carbocycles. The van der Waals surface area contributed by atoms with Crippen LogP contribution in [-0.4, -0.2) is 29.2 Å². The van der Waals surface area contributed by atoms with Gasteiger partial charge in [0.15, 0.2) is 6.10 Å². The second-order valence-electron chi connectivity index (χ2n) is 4.67. The van der Waals surface area contributed by atoms with Crippen molar-refractivity contribution in [1.29, 1.82) is 0 Å². The second-order valence-corrected chi connectivity index (χ2v) is 4.67. The lowest BCUT2D eigenvalue weighted by atomic mass is 10.1. The maximum Gasteiger partial charge on any atom is 0.332 e. The molecular weight excluding hydrogens is 246 g/mol. The third-order valence-corrected chi connectivity index (χ3v) is 3.25. The van der Waals surface area contributed by atoms with E-state index in [1.165, 1.54) is 0 Å². The molecule has 0 aromatic heterocycles. The highest BCUT2D eigenvalue weighted by Crippen LogP contribution is 2.21. The van der Waals surface area contributed by atoms with E-state index in [4.69, 9.17) is 9.84 Å². The van der Waals surface area contributed by atoms with Crippen LogP contribution in [0.4, 0.5) is 0 Å². The summed E-state index contributed by atoms with van der Waals surface area (Å²) < 4.78 is 5.21. The summed E-state index contributed by atoms with van der Waals surface area (Å²) >= 11 is 0. The van der Waals surface area contributed by atoms with Crippen molar-refractivity contribution >= 4 is 11.9 Å². The molecule has 1 aromatic rings. The molecule has 3 atom stereocenters. The summed E-state index contributed by atoms with van der Waals surface area (Å²) in [6.07, 6.45) is -0.688. The molecule has 102 valence electrons. The molecule has 1 saturated heterocycles. The first-order chi connectivity index (χ1) is 9.08. The Kier molecular flexibility index (Phi) is 4.16. The summed E-state index contributed by atoms with van der Waals surface area (Å²) in [4.78, 5) is 22.7. The summed E-state index contributed by atoms with van der Waals surface area (Å²) in [6.45, 7) is 1.89. The lowest BCUT2D eigenvalue weighted by molar-refractivity contribution is -0.151. The lowest BCUT2D eigenvalue weighted by Gasteiger charge is -2.17. The Bertz CT molecular complexity index is 460. The highest BCUT2D eigenvalue weighted by molar-refractivity contribution is 5.82. The number of hydrogen-bond acceptors (Lipinski definition) is 3. The normalized spacial score (nSPS) is 23.8. The van der Waals surface area contributed by atoms with E-state index in [1.54, 1.807) is 0 Å². The molecule has 1 fully saturated rings. The Labute approximate surface area is 111 Å². The molecule has 2 rings (SSSR count). The quantitative estimate of drug-likeness (QED) is 0.863. The van der Waals surface area contributed by atoms with Gasteiger partial charge < -0.3 is 15.2 Å². The van der Waals surface area contributed by atoms with Crippen LogP contribution in [0.3, 0.4) is 0 Å². The van der Waals surface area contributed by atoms with Crippen molar-refractivity contribution in [3.05, 3.63) is 35.9 Å². The number of nitrogens with one attached hydrogen (secondary N) is 1. The molecule has 1 aliphatic heterocycles. The van der Waals surface area contributed by atoms with Crippen molar-refractivity contribution in [1.82, 2.24) is 5.32 Å². The van der Waals surface area contributed by atoms with Crippen molar-refractivity contribution in [2.75, 3.05) is 0 Å². The van der Waals surface area contributed by atoms with Crippen LogP contribution in [0.2, 0.25) is 0 Å². The van der Waals surface area contributed by atoms with E-state index < -0.39 is 18.2 Å². The molecule has 1 amide bonds. The standard InChI is InChI=1S/C14H17NO4/c1-9(10-5-3-2-4-6-10)15-13(16)11-7-8-12(19-11)14(17)18/h2-6,9,11-12H,7-8H2,1H3,(H,15,16)(H,17,18)/t9?,11-,12+/m0/s1. The molecule has 5 heteroatoms. The van der Waals surface area contributed by atoms with Crippen LogP contribution in [0.1, 0.15) is 31.4 Å². The van der Waals surface area contributed by atoms with Crippen molar-refractivity contribution in [2.45, 2.75) is 38.0 Å². The second kappa shape index (κ2) is 5.84. The van der Waals surface area contributed by atoms with E-state index in [9.17, 15) is 9.59 Å². The Balaban J connectivity index is 1.90. The Morgan fingerprint density at radius 2 is 1.89 bits per heavy atom. The lowest BCUT2D eigenvalue weighted by Crippen LogP contribution is -2.37. The molecule has 0 saturated carbocycles. The highest BCUT2D eigenvalue weighted by Gasteiger charge is 2.35. The molecule has 0 radical (unpaired) electrons. The van der Waals surface area contributed by atoms with E-state index in [2.05, 4.69) is 5.32 Å². The number of benzene rings is 1. The van der Waals surface area contributed by atoms with Gasteiger partial charge in [0.05, 0.1) is 6.04 Å². The van der Waals surface area contributed by atoms with E-state index >= 15 is 0 Å². The minimum atomic E-state index is -1.01. The number of ether oxygens (including phenoxy) is 1. The monoisotopic (exact) mass is 263 g/mol. The third kappa shape index (κ3) is 3.32. The van der Waals surface area contributed by atoms with Gasteiger partial charge in [-0.3, -0.25) is 4.79 Å². The summed E-state index contributed by atoms with van der Waals surface area (Å²) in [5.41, 5.74) is 1.00. The SMILES string of the molecule is CC(NC(=O)[C@@H]1CC[C@H](C(=O)O)O1)c1ccccc1. The average Bonchev–Trinajstić information content (AvgIpc) is 2.89. The smallest absolute Gasteiger partial charge is 0.332 e. The topological polar surface area (TPSA) is 75.6 Å². The zero-order valence-corrected chi connectivity index (χ0v) is 10.7. The van der Waals surface area contributed by atoms with Gasteiger partial charge in [-0.05, 0) is 25.3 Å². The van der Waals surface area contributed by atoms with Gasteiger partial charge in [-0.2, -0.15) is 0 Å². The van der Waals surface area contributed by atoms with Crippen LogP contribution < -0.4 is 5.32 Å². The summed E-state index contributed by atoms with van der Waals surface area (Å²) in [5, 5.41) is 11.7. The summed E-state index contributed by atoms with van der Waals surface area (Å²) in [5.74, 6) is -1.26. The molecule has 0 bridgehead atoms. The van der Waals surface area contributed by atoms with Crippen LogP contribution in [-0.2, 0) is 14.3 Å². The fourth-order valence-electron chi connectivity index (χ4n) is 2.14. The number of carbonyl (C=O) groups excluding carboxylic acids is 1. The number of rotatable bonds is 4. The van der Waals surface area contributed by atoms with Crippen molar-refractivity contribution < 1.29 is 19.4 Å². The van der Waals surface area contributed by atoms with Gasteiger partial charge in [-0.15, -0.1) is 0 Å². The largest absolute Gasteiger partial charge is 0.479 e. The zero-order chi connectivity index (χ0) is 13.8. The van der Waals surface area contributed by atoms with Crippen molar-refractivity contribution in [3.8, 4) is 0 Å². The Hall–Kier alpha value is -1.88. The van der Waals surface area contributed by atoms with E-state index in [-0.39, 0.29) is 11.9 Å². The molecule has 1 unspecified atom stereocenters. The van der Waals surface area contributed by atoms with Crippen LogP contribution in [0.5, 0.6) is 0 Å². The number of carbonyl (C=O) groups is 2. The maximum atomic E-state index is 12.0. The minimum absolute atomic E-state index is 0.124. The first-order valence-corrected chi connectivity index (χ1v) is 6.31. The van der Waals surface area contributed by atoms with E-state index in [1.807, 2.05) is 37.3 Å². The van der Waals surface area contributed by atoms with E-state index in [0.29, 0.717) is 12.8 Å². The number of carboxylic acids is 1. The van der Waals surface area contributed by atoms with Crippen LogP contribution in [0.15, 0.2) is 30.3 Å². The summed E-state index contributed by atoms with van der Waals surface area (Å²) in [6, 6.07) is 9.47. The molecular formula is C14H17NO4. The number of carboxylic acid groups (broad SMARTS) is 1. The zero-order valence-electron chi connectivity index (χ0n) is 10.7. The van der Waals surface area contributed by atoms with Crippen molar-refractivity contribution in [2.24, 2.45) is 0 Å². The van der Waals surface area contributed by atoms with Gasteiger partial charge in [-0.25, -0.2) is 4.79 Å². The molecule has 1 heterocycles. The predicted molar refractivity (Wildman–Crippen MR) is 68.5 cm³/mol. The molecule has 19 heavy (non-hydrogen) atoms. The van der Waals surface area contributed by atoms with Crippen LogP contribution >= 0.6 is 0 Å². The molecule has 5 nitrogen and oxygen atoms in total. The van der Waals surface area contributed by atoms with Gasteiger partial charge in [0.2, 0.25) is 5.91 Å². The molecule has 2 N–H and O–H groups in total. The van der Waals surface area contributed by atoms with Crippen LogP contribution in [0.25, 0.3) is 0 Å². The molecule has 0 spiro atoms. The van der Waals surface area contributed by atoms with Crippen molar-refractivity contribution in [3.63, 3.8) is 0 Å². The van der Waals surface area contributed by atoms with Gasteiger partial charge in [0.25, 0.3) is 0 Å². The maximum absolute atomic E-state index is 12.0. The number of amides is 1. The predicted octanol–water partition coefficient (Wildman–Crippen LogP) is 1.50. The molecule has 0 aliphatic carbocycles. The first kappa shape index (κ1) is 13.5. The Morgan fingerprint density at radius 1 is 1.26 bits per heavy atom. The summed E-state index contributed by atoms with van der Waals surface area (Å²) in [7, 11) is 0. The van der Waals surface area contributed by atoms with Gasteiger partial charge in [-0.1, -0.05) is 30.3 Å². The third-order valence-electron chi connectivity index (χ3n) is 3.25. The van der Waals surface area contributed by atoms with Gasteiger partial charge in [0, 0.05) is 0 Å². The fraction of sp³-hybridized carbons (Fsp3) is 0.429. The Morgan fingerprint density at radius 3 is 2.47 bits per heavy atom. The average molecular weight is 263 g/mol. The van der Waals surface area contributed by atoms with Gasteiger partial charge in [0.1, 0.15) is 6.10 Å². The number of aliphatic carboxylic acids is 1.